The number of para-hydroxylation sites is 1. The molecule has 29 heavy (non-hydrogen) atoms. The maximum atomic E-state index is 6.29. The van der Waals surface area contributed by atoms with E-state index in [2.05, 4.69) is 41.5 Å². The molecule has 1 saturated carbocycles. The molecule has 1 aromatic heterocycles. The van der Waals surface area contributed by atoms with Gasteiger partial charge in [0.2, 0.25) is 0 Å². The molecule has 5 heteroatoms. The Labute approximate surface area is 182 Å². The number of nitrogens with zero attached hydrogens (tertiary/aromatic N) is 1. The van der Waals surface area contributed by atoms with Crippen LogP contribution in [0.2, 0.25) is 10.0 Å². The minimum absolute atomic E-state index is 0.240. The van der Waals surface area contributed by atoms with Crippen molar-refractivity contribution in [3.05, 3.63) is 82.1 Å². The van der Waals surface area contributed by atoms with E-state index in [1.165, 1.54) is 11.1 Å². The summed E-state index contributed by atoms with van der Waals surface area (Å²) in [4.78, 5) is 4.36. The zero-order chi connectivity index (χ0) is 20.2. The zero-order valence-electron chi connectivity index (χ0n) is 16.4. The van der Waals surface area contributed by atoms with Gasteiger partial charge in [0.25, 0.3) is 0 Å². The average Bonchev–Trinajstić information content (AvgIpc) is 3.54. The van der Waals surface area contributed by atoms with Crippen LogP contribution in [-0.2, 0) is 13.0 Å². The summed E-state index contributed by atoms with van der Waals surface area (Å²) >= 11 is 12.4. The van der Waals surface area contributed by atoms with E-state index in [0.29, 0.717) is 17.7 Å². The third-order valence-electron chi connectivity index (χ3n) is 5.07. The fourth-order valence-electron chi connectivity index (χ4n) is 3.37. The maximum absolute atomic E-state index is 6.29. The van der Waals surface area contributed by atoms with Gasteiger partial charge >= 0.3 is 0 Å². The normalized spacial score (nSPS) is 14.6. The lowest BCUT2D eigenvalue weighted by atomic mass is 9.96. The lowest BCUT2D eigenvalue weighted by molar-refractivity contribution is 0.304. The molecule has 1 fully saturated rings. The number of hydrogen-bond donors (Lipinski definition) is 1. The van der Waals surface area contributed by atoms with Gasteiger partial charge in [-0.3, -0.25) is 4.98 Å². The Morgan fingerprint density at radius 3 is 2.72 bits per heavy atom. The summed E-state index contributed by atoms with van der Waals surface area (Å²) in [5.41, 5.74) is 4.49. The molecule has 0 bridgehead atoms. The van der Waals surface area contributed by atoms with Crippen LogP contribution in [0, 0.1) is 0 Å². The predicted molar refractivity (Wildman–Crippen MR) is 120 cm³/mol. The van der Waals surface area contributed by atoms with Gasteiger partial charge < -0.3 is 10.1 Å². The van der Waals surface area contributed by atoms with Crippen LogP contribution in [-0.4, -0.2) is 17.1 Å². The number of halogens is 2. The third kappa shape index (κ3) is 5.30. The lowest BCUT2D eigenvalue weighted by Gasteiger charge is -2.18. The molecule has 1 N–H and O–H groups in total. The molecule has 1 aliphatic carbocycles. The molecule has 0 radical (unpaired) electrons. The lowest BCUT2D eigenvalue weighted by Crippen LogP contribution is -2.28. The molecule has 2 aromatic carbocycles. The standard InChI is InChI=1S/C24H24Cl2N2O/c1-16(28-15-18-13-19(25)6-9-23(18)26)12-17-14-27-11-10-21(17)22-4-2-3-5-24(22)29-20-7-8-20/h2-6,9-11,13-14,16,20,28H,7-8,12,15H2,1H3. The molecule has 1 unspecified atom stereocenters. The van der Waals surface area contributed by atoms with Crippen LogP contribution < -0.4 is 10.1 Å². The van der Waals surface area contributed by atoms with E-state index in [9.17, 15) is 0 Å². The van der Waals surface area contributed by atoms with Crippen molar-refractivity contribution in [2.75, 3.05) is 0 Å². The van der Waals surface area contributed by atoms with E-state index in [0.717, 1.165) is 41.2 Å². The van der Waals surface area contributed by atoms with Gasteiger partial charge in [-0.15, -0.1) is 0 Å². The Morgan fingerprint density at radius 2 is 1.90 bits per heavy atom. The van der Waals surface area contributed by atoms with Gasteiger partial charge in [-0.2, -0.15) is 0 Å². The summed E-state index contributed by atoms with van der Waals surface area (Å²) in [6.07, 6.45) is 7.29. The van der Waals surface area contributed by atoms with Crippen LogP contribution in [0.4, 0.5) is 0 Å². The first kappa shape index (κ1) is 20.2. The monoisotopic (exact) mass is 426 g/mol. The molecule has 1 aliphatic rings. The van der Waals surface area contributed by atoms with Gasteiger partial charge in [0, 0.05) is 40.6 Å². The van der Waals surface area contributed by atoms with E-state index >= 15 is 0 Å². The summed E-state index contributed by atoms with van der Waals surface area (Å²) in [5.74, 6) is 0.953. The van der Waals surface area contributed by atoms with Gasteiger partial charge in [-0.1, -0.05) is 41.4 Å². The zero-order valence-corrected chi connectivity index (χ0v) is 17.9. The van der Waals surface area contributed by atoms with E-state index in [1.807, 2.05) is 30.6 Å². The van der Waals surface area contributed by atoms with Gasteiger partial charge in [-0.25, -0.2) is 0 Å². The topological polar surface area (TPSA) is 34.1 Å². The summed E-state index contributed by atoms with van der Waals surface area (Å²) < 4.78 is 6.14. The number of pyridine rings is 1. The van der Waals surface area contributed by atoms with Gasteiger partial charge in [-0.05, 0) is 73.2 Å². The molecular formula is C24H24Cl2N2O. The molecule has 1 atom stereocenters. The number of aromatic nitrogens is 1. The molecular weight excluding hydrogens is 403 g/mol. The number of ether oxygens (including phenoxy) is 1. The first-order chi connectivity index (χ1) is 14.1. The molecule has 0 spiro atoms. The summed E-state index contributed by atoms with van der Waals surface area (Å²) in [6, 6.07) is 16.1. The Morgan fingerprint density at radius 1 is 1.07 bits per heavy atom. The maximum Gasteiger partial charge on any atom is 0.127 e. The highest BCUT2D eigenvalue weighted by atomic mass is 35.5. The van der Waals surface area contributed by atoms with Crippen molar-refractivity contribution in [3.8, 4) is 16.9 Å². The molecule has 0 saturated heterocycles. The van der Waals surface area contributed by atoms with Crippen LogP contribution in [0.5, 0.6) is 5.75 Å². The van der Waals surface area contributed by atoms with Gasteiger partial charge in [0.05, 0.1) is 6.10 Å². The Bertz CT molecular complexity index is 988. The molecule has 0 aliphatic heterocycles. The van der Waals surface area contributed by atoms with Crippen molar-refractivity contribution in [2.45, 2.75) is 44.9 Å². The van der Waals surface area contributed by atoms with Crippen molar-refractivity contribution in [2.24, 2.45) is 0 Å². The predicted octanol–water partition coefficient (Wildman–Crippen LogP) is 6.32. The second-order valence-electron chi connectivity index (χ2n) is 7.57. The van der Waals surface area contributed by atoms with E-state index in [1.54, 1.807) is 6.07 Å². The van der Waals surface area contributed by atoms with Crippen molar-refractivity contribution >= 4 is 23.2 Å². The largest absolute Gasteiger partial charge is 0.490 e. The third-order valence-corrected chi connectivity index (χ3v) is 5.68. The Kier molecular flexibility index (Phi) is 6.39. The molecule has 3 nitrogen and oxygen atoms in total. The smallest absolute Gasteiger partial charge is 0.127 e. The summed E-state index contributed by atoms with van der Waals surface area (Å²) in [5, 5.41) is 4.97. The minimum Gasteiger partial charge on any atom is -0.490 e. The highest BCUT2D eigenvalue weighted by molar-refractivity contribution is 6.33. The number of benzene rings is 2. The van der Waals surface area contributed by atoms with E-state index in [-0.39, 0.29) is 6.04 Å². The van der Waals surface area contributed by atoms with Gasteiger partial charge in [0.1, 0.15) is 5.75 Å². The number of hydrogen-bond acceptors (Lipinski definition) is 3. The van der Waals surface area contributed by atoms with Gasteiger partial charge in [0.15, 0.2) is 0 Å². The molecule has 4 rings (SSSR count). The van der Waals surface area contributed by atoms with E-state index in [4.69, 9.17) is 27.9 Å². The van der Waals surface area contributed by atoms with Crippen LogP contribution in [0.15, 0.2) is 60.9 Å². The summed E-state index contributed by atoms with van der Waals surface area (Å²) in [6.45, 7) is 2.83. The van der Waals surface area contributed by atoms with Crippen molar-refractivity contribution in [1.29, 1.82) is 0 Å². The van der Waals surface area contributed by atoms with Crippen molar-refractivity contribution in [3.63, 3.8) is 0 Å². The van der Waals surface area contributed by atoms with Crippen molar-refractivity contribution < 1.29 is 4.74 Å². The average molecular weight is 427 g/mol. The molecule has 150 valence electrons. The molecule has 1 heterocycles. The quantitative estimate of drug-likeness (QED) is 0.457. The SMILES string of the molecule is CC(Cc1cnccc1-c1ccccc1OC1CC1)NCc1cc(Cl)ccc1Cl. The Hall–Kier alpha value is -2.07. The first-order valence-electron chi connectivity index (χ1n) is 9.96. The second-order valence-corrected chi connectivity index (χ2v) is 8.41. The Balaban J connectivity index is 1.49. The number of nitrogens with one attached hydrogen (secondary N) is 1. The van der Waals surface area contributed by atoms with Crippen LogP contribution >= 0.6 is 23.2 Å². The highest BCUT2D eigenvalue weighted by Gasteiger charge is 2.25. The fourth-order valence-corrected chi connectivity index (χ4v) is 3.75. The number of rotatable bonds is 8. The minimum atomic E-state index is 0.240. The van der Waals surface area contributed by atoms with Crippen LogP contribution in [0.1, 0.15) is 30.9 Å². The van der Waals surface area contributed by atoms with Crippen molar-refractivity contribution in [1.82, 2.24) is 10.3 Å². The van der Waals surface area contributed by atoms with Crippen LogP contribution in [0.3, 0.4) is 0 Å². The van der Waals surface area contributed by atoms with E-state index < -0.39 is 0 Å². The molecule has 0 amide bonds. The first-order valence-corrected chi connectivity index (χ1v) is 10.7. The van der Waals surface area contributed by atoms with Crippen LogP contribution in [0.25, 0.3) is 11.1 Å². The molecule has 3 aromatic rings. The summed E-state index contributed by atoms with van der Waals surface area (Å²) in [7, 11) is 0. The highest BCUT2D eigenvalue weighted by Crippen LogP contribution is 2.36. The fraction of sp³-hybridized carbons (Fsp3) is 0.292. The second kappa shape index (κ2) is 9.17.